The molecule has 220 valence electrons. The van der Waals surface area contributed by atoms with Gasteiger partial charge in [0.25, 0.3) is 0 Å². The van der Waals surface area contributed by atoms with Crippen LogP contribution in [0.4, 0.5) is 17.2 Å². The largest absolute Gasteiger partial charge is 0.294 e. The van der Waals surface area contributed by atoms with Crippen molar-refractivity contribution in [2.45, 2.75) is 0 Å². The Bertz CT molecular complexity index is 2300. The van der Waals surface area contributed by atoms with E-state index >= 15 is 0 Å². The highest BCUT2D eigenvalue weighted by Crippen LogP contribution is 2.48. The second kappa shape index (κ2) is 12.1. The summed E-state index contributed by atoms with van der Waals surface area (Å²) in [6, 6.07) is 63.5. The maximum atomic E-state index is 9.77. The van der Waals surface area contributed by atoms with Gasteiger partial charge in [-0.1, -0.05) is 133 Å². The molecule has 0 atom stereocenters. The van der Waals surface area contributed by atoms with Crippen molar-refractivity contribution in [3.63, 3.8) is 0 Å². The number of hydrogen-bond donors (Lipinski definition) is 0. The molecule has 0 spiro atoms. The van der Waals surface area contributed by atoms with E-state index in [9.17, 15) is 5.26 Å². The molecule has 8 rings (SSSR count). The second-order valence-electron chi connectivity index (χ2n) is 11.5. The summed E-state index contributed by atoms with van der Waals surface area (Å²) < 4.78 is 0. The zero-order valence-corrected chi connectivity index (χ0v) is 25.6. The molecule has 3 heteroatoms. The fraction of sp³-hybridized carbons (Fsp3) is 0. The van der Waals surface area contributed by atoms with Crippen molar-refractivity contribution in [2.24, 2.45) is 0 Å². The molecule has 47 heavy (non-hydrogen) atoms. The Morgan fingerprint density at radius 2 is 0.894 bits per heavy atom. The predicted octanol–water partition coefficient (Wildman–Crippen LogP) is 11.7. The van der Waals surface area contributed by atoms with Crippen LogP contribution in [0.15, 0.2) is 176 Å². The molecule has 0 aliphatic carbocycles. The predicted molar refractivity (Wildman–Crippen MR) is 195 cm³/mol. The van der Waals surface area contributed by atoms with Crippen LogP contribution in [-0.4, -0.2) is 4.98 Å². The fourth-order valence-corrected chi connectivity index (χ4v) is 6.59. The highest BCUT2D eigenvalue weighted by molar-refractivity contribution is 6.22. The topological polar surface area (TPSA) is 39.9 Å². The number of aromatic nitrogens is 1. The Morgan fingerprint density at radius 3 is 1.43 bits per heavy atom. The normalized spacial score (nSPS) is 11.0. The van der Waals surface area contributed by atoms with Gasteiger partial charge in [-0.2, -0.15) is 5.26 Å². The number of rotatable bonds is 6. The summed E-state index contributed by atoms with van der Waals surface area (Å²) in [4.78, 5) is 6.98. The van der Waals surface area contributed by atoms with Crippen LogP contribution in [0.3, 0.4) is 0 Å². The highest BCUT2D eigenvalue weighted by Gasteiger charge is 2.23. The first kappa shape index (κ1) is 28.0. The zero-order valence-electron chi connectivity index (χ0n) is 25.6. The van der Waals surface area contributed by atoms with Gasteiger partial charge in [-0.05, 0) is 86.6 Å². The number of fused-ring (bicyclic) bond motifs is 2. The minimum Gasteiger partial charge on any atom is -0.294 e. The maximum Gasteiger partial charge on any atom is 0.142 e. The third-order valence-electron chi connectivity index (χ3n) is 8.66. The van der Waals surface area contributed by atoms with Crippen molar-refractivity contribution >= 4 is 38.7 Å². The summed E-state index contributed by atoms with van der Waals surface area (Å²) in [7, 11) is 0. The van der Waals surface area contributed by atoms with Gasteiger partial charge in [0, 0.05) is 16.5 Å². The standard InChI is InChI=1S/C44H29N3/c45-30-36-19-14-26-42(46-36)47(37-20-8-3-9-21-37)44-40-24-12-10-22-38(40)43(39-23-11-13-25-41(39)44)35-28-33(31-15-4-1-5-16-31)27-34(29-35)32-17-6-2-7-18-32/h1-29H. The summed E-state index contributed by atoms with van der Waals surface area (Å²) in [5.41, 5.74) is 9.39. The monoisotopic (exact) mass is 599 g/mol. The molecule has 0 radical (unpaired) electrons. The molecule has 0 saturated carbocycles. The van der Waals surface area contributed by atoms with Gasteiger partial charge in [-0.3, -0.25) is 4.90 Å². The number of anilines is 3. The van der Waals surface area contributed by atoms with Crippen molar-refractivity contribution in [1.29, 1.82) is 5.26 Å². The third-order valence-corrected chi connectivity index (χ3v) is 8.66. The van der Waals surface area contributed by atoms with Gasteiger partial charge in [0.1, 0.15) is 17.6 Å². The van der Waals surface area contributed by atoms with Crippen LogP contribution in [0.5, 0.6) is 0 Å². The molecule has 0 fully saturated rings. The summed E-state index contributed by atoms with van der Waals surface area (Å²) in [5.74, 6) is 0.691. The molecule has 0 bridgehead atoms. The number of para-hydroxylation sites is 1. The van der Waals surface area contributed by atoms with E-state index in [4.69, 9.17) is 4.98 Å². The van der Waals surface area contributed by atoms with E-state index in [0.717, 1.165) is 38.5 Å². The molecule has 0 aliphatic heterocycles. The fourth-order valence-electron chi connectivity index (χ4n) is 6.59. The van der Waals surface area contributed by atoms with Crippen molar-refractivity contribution in [1.82, 2.24) is 4.98 Å². The van der Waals surface area contributed by atoms with Crippen LogP contribution >= 0.6 is 0 Å². The van der Waals surface area contributed by atoms with Gasteiger partial charge in [-0.25, -0.2) is 4.98 Å². The Kier molecular flexibility index (Phi) is 7.22. The average Bonchev–Trinajstić information content (AvgIpc) is 3.16. The minimum absolute atomic E-state index is 0.375. The number of nitrogens with zero attached hydrogens (tertiary/aromatic N) is 3. The van der Waals surface area contributed by atoms with Crippen molar-refractivity contribution in [3.8, 4) is 39.4 Å². The third kappa shape index (κ3) is 5.19. The Morgan fingerprint density at radius 1 is 0.426 bits per heavy atom. The van der Waals surface area contributed by atoms with Gasteiger partial charge in [-0.15, -0.1) is 0 Å². The number of hydrogen-bond acceptors (Lipinski definition) is 3. The lowest BCUT2D eigenvalue weighted by molar-refractivity contribution is 1.17. The Balaban J connectivity index is 1.47. The Hall–Kier alpha value is -6.50. The summed E-state index contributed by atoms with van der Waals surface area (Å²) in [6.45, 7) is 0. The smallest absolute Gasteiger partial charge is 0.142 e. The lowest BCUT2D eigenvalue weighted by Crippen LogP contribution is -2.13. The van der Waals surface area contributed by atoms with Gasteiger partial charge in [0.2, 0.25) is 0 Å². The molecular weight excluding hydrogens is 571 g/mol. The number of benzene rings is 7. The van der Waals surface area contributed by atoms with Gasteiger partial charge < -0.3 is 0 Å². The van der Waals surface area contributed by atoms with E-state index < -0.39 is 0 Å². The molecule has 7 aromatic carbocycles. The SMILES string of the molecule is N#Cc1cccc(N(c2ccccc2)c2c3ccccc3c(-c3cc(-c4ccccc4)cc(-c4ccccc4)c3)c3ccccc23)n1. The molecule has 0 saturated heterocycles. The van der Waals surface area contributed by atoms with Crippen LogP contribution < -0.4 is 4.90 Å². The summed E-state index contributed by atoms with van der Waals surface area (Å²) in [6.07, 6.45) is 0. The number of nitriles is 1. The lowest BCUT2D eigenvalue weighted by Gasteiger charge is -2.28. The van der Waals surface area contributed by atoms with E-state index in [1.54, 1.807) is 6.07 Å². The molecule has 1 heterocycles. The first-order chi connectivity index (χ1) is 23.3. The van der Waals surface area contributed by atoms with Crippen molar-refractivity contribution < 1.29 is 0 Å². The molecule has 0 amide bonds. The number of pyridine rings is 1. The average molecular weight is 600 g/mol. The van der Waals surface area contributed by atoms with Crippen LogP contribution in [-0.2, 0) is 0 Å². The van der Waals surface area contributed by atoms with Crippen LogP contribution in [0.2, 0.25) is 0 Å². The summed E-state index contributed by atoms with van der Waals surface area (Å²) in [5, 5.41) is 14.2. The maximum absolute atomic E-state index is 9.77. The molecule has 0 unspecified atom stereocenters. The quantitative estimate of drug-likeness (QED) is 0.179. The Labute approximate surface area is 274 Å². The molecule has 8 aromatic rings. The van der Waals surface area contributed by atoms with Gasteiger partial charge in [0.15, 0.2) is 0 Å². The van der Waals surface area contributed by atoms with E-state index in [-0.39, 0.29) is 0 Å². The first-order valence-electron chi connectivity index (χ1n) is 15.7. The molecule has 1 aromatic heterocycles. The van der Waals surface area contributed by atoms with Crippen LogP contribution in [0.1, 0.15) is 5.69 Å². The van der Waals surface area contributed by atoms with E-state index in [0.29, 0.717) is 11.5 Å². The van der Waals surface area contributed by atoms with Crippen molar-refractivity contribution in [2.75, 3.05) is 4.90 Å². The van der Waals surface area contributed by atoms with E-state index in [2.05, 4.69) is 150 Å². The van der Waals surface area contributed by atoms with E-state index in [1.165, 1.54) is 27.8 Å². The zero-order chi connectivity index (χ0) is 31.6. The van der Waals surface area contributed by atoms with Crippen molar-refractivity contribution in [3.05, 3.63) is 182 Å². The molecule has 3 nitrogen and oxygen atoms in total. The summed E-state index contributed by atoms with van der Waals surface area (Å²) >= 11 is 0. The highest BCUT2D eigenvalue weighted by atomic mass is 15.2. The van der Waals surface area contributed by atoms with Crippen LogP contribution in [0.25, 0.3) is 54.9 Å². The minimum atomic E-state index is 0.375. The molecule has 0 aliphatic rings. The van der Waals surface area contributed by atoms with Crippen LogP contribution in [0, 0.1) is 11.3 Å². The van der Waals surface area contributed by atoms with Gasteiger partial charge in [0.05, 0.1) is 5.69 Å². The lowest BCUT2D eigenvalue weighted by atomic mass is 9.87. The molecule has 0 N–H and O–H groups in total. The second-order valence-corrected chi connectivity index (χ2v) is 11.5. The van der Waals surface area contributed by atoms with E-state index in [1.807, 2.05) is 30.3 Å². The molecular formula is C44H29N3. The first-order valence-corrected chi connectivity index (χ1v) is 15.7. The van der Waals surface area contributed by atoms with Gasteiger partial charge >= 0.3 is 0 Å².